The van der Waals surface area contributed by atoms with E-state index in [1.807, 2.05) is 11.8 Å². The highest BCUT2D eigenvalue weighted by molar-refractivity contribution is 5.81. The molecule has 5 heteroatoms. The van der Waals surface area contributed by atoms with Crippen LogP contribution in [0.15, 0.2) is 0 Å². The molecule has 94 valence electrons. The lowest BCUT2D eigenvalue weighted by atomic mass is 10.2. The van der Waals surface area contributed by atoms with Crippen LogP contribution in [0.25, 0.3) is 0 Å². The van der Waals surface area contributed by atoms with Crippen LogP contribution in [0.4, 0.5) is 0 Å². The van der Waals surface area contributed by atoms with Crippen molar-refractivity contribution >= 4 is 5.91 Å². The predicted octanol–water partition coefficient (Wildman–Crippen LogP) is -0.486. The lowest BCUT2D eigenvalue weighted by molar-refractivity contribution is -0.134. The molecule has 1 amide bonds. The fourth-order valence-electron chi connectivity index (χ4n) is 1.82. The molecule has 5 nitrogen and oxygen atoms in total. The first-order valence-corrected chi connectivity index (χ1v) is 5.99. The molecule has 0 radical (unpaired) electrons. The minimum absolute atomic E-state index is 0.0597. The van der Waals surface area contributed by atoms with E-state index >= 15 is 0 Å². The van der Waals surface area contributed by atoms with Crippen molar-refractivity contribution in [2.45, 2.75) is 19.9 Å². The quantitative estimate of drug-likeness (QED) is 0.647. The Morgan fingerprint density at radius 3 is 2.50 bits per heavy atom. The highest BCUT2D eigenvalue weighted by Gasteiger charge is 2.22. The Morgan fingerprint density at radius 1 is 1.38 bits per heavy atom. The summed E-state index contributed by atoms with van der Waals surface area (Å²) in [6.45, 7) is 9.65. The fourth-order valence-corrected chi connectivity index (χ4v) is 1.82. The van der Waals surface area contributed by atoms with Crippen LogP contribution in [-0.2, 0) is 9.53 Å². The van der Waals surface area contributed by atoms with Crippen LogP contribution in [0.3, 0.4) is 0 Å². The molecule has 16 heavy (non-hydrogen) atoms. The Kier molecular flexibility index (Phi) is 5.73. The van der Waals surface area contributed by atoms with Crippen molar-refractivity contribution in [3.8, 4) is 0 Å². The number of hydrogen-bond acceptors (Lipinski definition) is 4. The van der Waals surface area contributed by atoms with Crippen molar-refractivity contribution in [2.75, 3.05) is 45.9 Å². The molecular weight excluding hydrogens is 206 g/mol. The molecule has 0 unspecified atom stereocenters. The summed E-state index contributed by atoms with van der Waals surface area (Å²) in [6, 6.07) is -0.380. The third kappa shape index (κ3) is 4.08. The van der Waals surface area contributed by atoms with Crippen LogP contribution in [0.1, 0.15) is 13.8 Å². The lowest BCUT2D eigenvalue weighted by Gasteiger charge is -2.35. The first-order chi connectivity index (χ1) is 7.65. The second-order valence-corrected chi connectivity index (χ2v) is 4.15. The van der Waals surface area contributed by atoms with Crippen molar-refractivity contribution in [2.24, 2.45) is 5.73 Å². The molecule has 0 bridgehead atoms. The average Bonchev–Trinajstić information content (AvgIpc) is 2.29. The zero-order valence-corrected chi connectivity index (χ0v) is 10.3. The van der Waals surface area contributed by atoms with Gasteiger partial charge in [-0.1, -0.05) is 0 Å². The van der Waals surface area contributed by atoms with Crippen LogP contribution in [0, 0.1) is 0 Å². The number of nitrogens with zero attached hydrogens (tertiary/aromatic N) is 2. The van der Waals surface area contributed by atoms with E-state index in [2.05, 4.69) is 4.90 Å². The van der Waals surface area contributed by atoms with E-state index in [1.54, 1.807) is 6.92 Å². The number of carbonyl (C=O) groups is 1. The van der Waals surface area contributed by atoms with Gasteiger partial charge in [0, 0.05) is 39.3 Å². The summed E-state index contributed by atoms with van der Waals surface area (Å²) >= 11 is 0. The molecule has 1 fully saturated rings. The zero-order chi connectivity index (χ0) is 12.0. The highest BCUT2D eigenvalue weighted by atomic mass is 16.5. The van der Waals surface area contributed by atoms with E-state index < -0.39 is 0 Å². The molecule has 1 atom stereocenters. The zero-order valence-electron chi connectivity index (χ0n) is 10.3. The molecule has 0 saturated carbocycles. The van der Waals surface area contributed by atoms with E-state index in [0.29, 0.717) is 0 Å². The summed E-state index contributed by atoms with van der Waals surface area (Å²) in [5.41, 5.74) is 5.57. The van der Waals surface area contributed by atoms with Crippen LogP contribution in [0.2, 0.25) is 0 Å². The molecule has 1 rings (SSSR count). The van der Waals surface area contributed by atoms with Gasteiger partial charge in [-0.15, -0.1) is 0 Å². The number of nitrogens with two attached hydrogens (primary N) is 1. The van der Waals surface area contributed by atoms with Crippen LogP contribution >= 0.6 is 0 Å². The van der Waals surface area contributed by atoms with E-state index in [4.69, 9.17) is 10.5 Å². The summed E-state index contributed by atoms with van der Waals surface area (Å²) < 4.78 is 5.31. The van der Waals surface area contributed by atoms with E-state index in [0.717, 1.165) is 45.9 Å². The molecule has 1 heterocycles. The molecule has 1 aliphatic heterocycles. The van der Waals surface area contributed by atoms with Gasteiger partial charge in [0.2, 0.25) is 5.91 Å². The molecular formula is C11H23N3O2. The van der Waals surface area contributed by atoms with Crippen LogP contribution in [-0.4, -0.2) is 67.7 Å². The molecule has 0 aliphatic carbocycles. The van der Waals surface area contributed by atoms with Gasteiger partial charge in [0.05, 0.1) is 12.6 Å². The predicted molar refractivity (Wildman–Crippen MR) is 63.2 cm³/mol. The summed E-state index contributed by atoms with van der Waals surface area (Å²) in [4.78, 5) is 15.8. The third-order valence-corrected chi connectivity index (χ3v) is 2.83. The second-order valence-electron chi connectivity index (χ2n) is 4.15. The second kappa shape index (κ2) is 6.83. The Labute approximate surface area is 97.5 Å². The Balaban J connectivity index is 2.20. The van der Waals surface area contributed by atoms with E-state index in [9.17, 15) is 4.79 Å². The average molecular weight is 229 g/mol. The van der Waals surface area contributed by atoms with Crippen molar-refractivity contribution in [1.82, 2.24) is 9.80 Å². The van der Waals surface area contributed by atoms with Gasteiger partial charge in [-0.25, -0.2) is 0 Å². The van der Waals surface area contributed by atoms with Gasteiger partial charge in [-0.05, 0) is 13.8 Å². The highest BCUT2D eigenvalue weighted by Crippen LogP contribution is 2.03. The summed E-state index contributed by atoms with van der Waals surface area (Å²) in [7, 11) is 0. The molecule has 1 aliphatic rings. The summed E-state index contributed by atoms with van der Waals surface area (Å²) in [5, 5.41) is 0. The first-order valence-electron chi connectivity index (χ1n) is 5.99. The minimum Gasteiger partial charge on any atom is -0.380 e. The standard InChI is InChI=1S/C11H23N3O2/c1-3-16-9-8-13-4-6-14(7-5-13)11(15)10(2)12/h10H,3-9,12H2,1-2H3/t10-/m0/s1. The van der Waals surface area contributed by atoms with E-state index in [1.165, 1.54) is 0 Å². The molecule has 1 saturated heterocycles. The van der Waals surface area contributed by atoms with Crippen molar-refractivity contribution in [3.63, 3.8) is 0 Å². The molecule has 0 aromatic rings. The van der Waals surface area contributed by atoms with Gasteiger partial charge in [-0.3, -0.25) is 9.69 Å². The minimum atomic E-state index is -0.380. The summed E-state index contributed by atoms with van der Waals surface area (Å²) in [6.07, 6.45) is 0. The van der Waals surface area contributed by atoms with Crippen molar-refractivity contribution in [3.05, 3.63) is 0 Å². The summed E-state index contributed by atoms with van der Waals surface area (Å²) in [5.74, 6) is 0.0597. The van der Waals surface area contributed by atoms with Crippen molar-refractivity contribution in [1.29, 1.82) is 0 Å². The maximum atomic E-state index is 11.6. The Hall–Kier alpha value is -0.650. The Morgan fingerprint density at radius 2 is 2.00 bits per heavy atom. The molecule has 0 aromatic carbocycles. The largest absolute Gasteiger partial charge is 0.380 e. The number of ether oxygens (including phenoxy) is 1. The molecule has 0 aromatic heterocycles. The molecule has 2 N–H and O–H groups in total. The first kappa shape index (κ1) is 13.4. The SMILES string of the molecule is CCOCCN1CCN(C(=O)[C@H](C)N)CC1. The monoisotopic (exact) mass is 229 g/mol. The lowest BCUT2D eigenvalue weighted by Crippen LogP contribution is -2.52. The number of piperazine rings is 1. The number of amides is 1. The van der Waals surface area contributed by atoms with Gasteiger partial charge in [0.1, 0.15) is 0 Å². The van der Waals surface area contributed by atoms with Gasteiger partial charge in [0.15, 0.2) is 0 Å². The third-order valence-electron chi connectivity index (χ3n) is 2.83. The van der Waals surface area contributed by atoms with Crippen molar-refractivity contribution < 1.29 is 9.53 Å². The Bertz CT molecular complexity index is 213. The topological polar surface area (TPSA) is 58.8 Å². The number of carbonyl (C=O) groups excluding carboxylic acids is 1. The number of rotatable bonds is 5. The van der Waals surface area contributed by atoms with Crippen LogP contribution in [0.5, 0.6) is 0 Å². The van der Waals surface area contributed by atoms with Gasteiger partial charge in [0.25, 0.3) is 0 Å². The number of hydrogen-bond donors (Lipinski definition) is 1. The normalized spacial score (nSPS) is 19.8. The van der Waals surface area contributed by atoms with Gasteiger partial charge >= 0.3 is 0 Å². The van der Waals surface area contributed by atoms with Gasteiger partial charge < -0.3 is 15.4 Å². The molecule has 0 spiro atoms. The maximum absolute atomic E-state index is 11.6. The smallest absolute Gasteiger partial charge is 0.239 e. The van der Waals surface area contributed by atoms with Gasteiger partial charge in [-0.2, -0.15) is 0 Å². The van der Waals surface area contributed by atoms with Crippen LogP contribution < -0.4 is 5.73 Å². The van der Waals surface area contributed by atoms with E-state index in [-0.39, 0.29) is 11.9 Å². The fraction of sp³-hybridized carbons (Fsp3) is 0.909. The maximum Gasteiger partial charge on any atom is 0.239 e.